The molecule has 0 aromatic carbocycles. The number of hydrogen-bond acceptors (Lipinski definition) is 4. The highest BCUT2D eigenvalue weighted by molar-refractivity contribution is 5.88. The van der Waals surface area contributed by atoms with Gasteiger partial charge in [0.1, 0.15) is 5.82 Å². The zero-order chi connectivity index (χ0) is 14.0. The van der Waals surface area contributed by atoms with Crippen molar-refractivity contribution in [3.8, 4) is 0 Å². The van der Waals surface area contributed by atoms with Crippen LogP contribution in [-0.4, -0.2) is 39.3 Å². The molecule has 0 saturated carbocycles. The number of anilines is 1. The van der Waals surface area contributed by atoms with E-state index in [4.69, 9.17) is 0 Å². The zero-order valence-electron chi connectivity index (χ0n) is 11.4. The van der Waals surface area contributed by atoms with Crippen LogP contribution in [0.25, 0.3) is 5.65 Å². The Bertz CT molecular complexity index is 606. The summed E-state index contributed by atoms with van der Waals surface area (Å²) in [5.74, 6) is -0.258. The third kappa shape index (κ3) is 2.52. The number of unbranched alkanes of at least 4 members (excludes halogenated alkanes) is 1. The average molecular weight is 262 g/mol. The first-order valence-electron chi connectivity index (χ1n) is 6.35. The van der Waals surface area contributed by atoms with Gasteiger partial charge in [-0.3, -0.25) is 0 Å². The van der Waals surface area contributed by atoms with E-state index < -0.39 is 5.97 Å². The minimum Gasteiger partial charge on any atom is -0.476 e. The van der Waals surface area contributed by atoms with Crippen LogP contribution in [0, 0.1) is 6.92 Å². The van der Waals surface area contributed by atoms with Gasteiger partial charge in [0.15, 0.2) is 11.3 Å². The molecule has 6 heteroatoms. The van der Waals surface area contributed by atoms with Crippen LogP contribution < -0.4 is 4.90 Å². The van der Waals surface area contributed by atoms with E-state index in [2.05, 4.69) is 17.0 Å². The molecular weight excluding hydrogens is 244 g/mol. The molecule has 1 N–H and O–H groups in total. The Hall–Kier alpha value is -2.11. The van der Waals surface area contributed by atoms with Gasteiger partial charge in [-0.05, 0) is 25.5 Å². The first kappa shape index (κ1) is 13.3. The third-order valence-corrected chi connectivity index (χ3v) is 3.08. The lowest BCUT2D eigenvalue weighted by Gasteiger charge is -2.17. The number of nitrogens with zero attached hydrogens (tertiary/aromatic N) is 4. The van der Waals surface area contributed by atoms with Gasteiger partial charge in [-0.2, -0.15) is 0 Å². The molecule has 0 aliphatic rings. The summed E-state index contributed by atoms with van der Waals surface area (Å²) in [5, 5.41) is 13.6. The van der Waals surface area contributed by atoms with Crippen molar-refractivity contribution in [3.05, 3.63) is 23.5 Å². The van der Waals surface area contributed by atoms with Crippen molar-refractivity contribution in [1.82, 2.24) is 14.6 Å². The maximum Gasteiger partial charge on any atom is 0.356 e. The second-order valence-electron chi connectivity index (χ2n) is 4.59. The van der Waals surface area contributed by atoms with Crippen molar-refractivity contribution in [3.63, 3.8) is 0 Å². The van der Waals surface area contributed by atoms with Crippen LogP contribution in [0.4, 0.5) is 5.82 Å². The van der Waals surface area contributed by atoms with Gasteiger partial charge in [0.05, 0.1) is 5.69 Å². The number of imidazole rings is 1. The molecule has 0 spiro atoms. The lowest BCUT2D eigenvalue weighted by Crippen LogP contribution is -2.21. The molecule has 0 amide bonds. The predicted octanol–water partition coefficient (Wildman–Crippen LogP) is 1.97. The Morgan fingerprint density at radius 1 is 1.47 bits per heavy atom. The van der Waals surface area contributed by atoms with E-state index in [1.165, 1.54) is 4.52 Å². The van der Waals surface area contributed by atoms with Crippen molar-refractivity contribution >= 4 is 17.4 Å². The molecule has 2 heterocycles. The van der Waals surface area contributed by atoms with E-state index in [9.17, 15) is 9.90 Å². The largest absolute Gasteiger partial charge is 0.476 e. The summed E-state index contributed by atoms with van der Waals surface area (Å²) in [5.41, 5.74) is 1.16. The van der Waals surface area contributed by atoms with Crippen molar-refractivity contribution < 1.29 is 9.90 Å². The molecule has 0 aliphatic carbocycles. The molecule has 2 rings (SSSR count). The summed E-state index contributed by atoms with van der Waals surface area (Å²) in [4.78, 5) is 17.5. The number of hydrogen-bond donors (Lipinski definition) is 1. The minimum absolute atomic E-state index is 0.126. The van der Waals surface area contributed by atoms with Gasteiger partial charge in [-0.25, -0.2) is 14.3 Å². The highest BCUT2D eigenvalue weighted by atomic mass is 16.4. The smallest absolute Gasteiger partial charge is 0.356 e. The van der Waals surface area contributed by atoms with Gasteiger partial charge < -0.3 is 10.0 Å². The summed E-state index contributed by atoms with van der Waals surface area (Å²) < 4.78 is 1.40. The van der Waals surface area contributed by atoms with Crippen molar-refractivity contribution in [2.45, 2.75) is 26.7 Å². The number of fused-ring (bicyclic) bond motifs is 1. The number of carboxylic acid groups (broad SMARTS) is 1. The maximum atomic E-state index is 11.2. The fraction of sp³-hybridized carbons (Fsp3) is 0.462. The van der Waals surface area contributed by atoms with Crippen LogP contribution in [0.2, 0.25) is 0 Å². The number of carbonyl (C=O) groups is 1. The first-order valence-corrected chi connectivity index (χ1v) is 6.35. The Kier molecular flexibility index (Phi) is 3.69. The summed E-state index contributed by atoms with van der Waals surface area (Å²) in [6.07, 6.45) is 2.18. The van der Waals surface area contributed by atoms with Gasteiger partial charge in [0.25, 0.3) is 0 Å². The molecule has 0 aliphatic heterocycles. The average Bonchev–Trinajstić information content (AvgIpc) is 2.70. The molecule has 0 atom stereocenters. The van der Waals surface area contributed by atoms with E-state index >= 15 is 0 Å². The van der Waals surface area contributed by atoms with E-state index in [1.54, 1.807) is 13.0 Å². The SMILES string of the molecule is CCCCN(C)c1ccc2nc(C)c(C(=O)O)n2n1. The van der Waals surface area contributed by atoms with Crippen molar-refractivity contribution in [2.75, 3.05) is 18.5 Å². The summed E-state index contributed by atoms with van der Waals surface area (Å²) >= 11 is 0. The monoisotopic (exact) mass is 262 g/mol. The van der Waals surface area contributed by atoms with E-state index in [-0.39, 0.29) is 5.69 Å². The highest BCUT2D eigenvalue weighted by Crippen LogP contribution is 2.15. The van der Waals surface area contributed by atoms with Crippen LogP contribution in [-0.2, 0) is 0 Å². The standard InChI is InChI=1S/C13H18N4O2/c1-4-5-8-16(3)11-7-6-10-14-9(2)12(13(18)19)17(10)15-11/h6-7H,4-5,8H2,1-3H3,(H,18,19). The lowest BCUT2D eigenvalue weighted by atomic mass is 10.3. The number of rotatable bonds is 5. The topological polar surface area (TPSA) is 70.7 Å². The Balaban J connectivity index is 2.44. The number of aromatic carboxylic acids is 1. The summed E-state index contributed by atoms with van der Waals surface area (Å²) in [6, 6.07) is 3.66. The second kappa shape index (κ2) is 5.26. The van der Waals surface area contributed by atoms with Crippen molar-refractivity contribution in [2.24, 2.45) is 0 Å². The fourth-order valence-corrected chi connectivity index (χ4v) is 1.99. The van der Waals surface area contributed by atoms with Crippen LogP contribution in [0.15, 0.2) is 12.1 Å². The van der Waals surface area contributed by atoms with Crippen LogP contribution in [0.3, 0.4) is 0 Å². The molecule has 6 nitrogen and oxygen atoms in total. The van der Waals surface area contributed by atoms with Crippen molar-refractivity contribution in [1.29, 1.82) is 0 Å². The van der Waals surface area contributed by atoms with Crippen LogP contribution in [0.1, 0.15) is 35.9 Å². The lowest BCUT2D eigenvalue weighted by molar-refractivity contribution is 0.0687. The Morgan fingerprint density at radius 2 is 2.21 bits per heavy atom. The molecular formula is C13H18N4O2. The van der Waals surface area contributed by atoms with E-state index in [0.29, 0.717) is 11.3 Å². The van der Waals surface area contributed by atoms with Gasteiger partial charge in [-0.15, -0.1) is 5.10 Å². The molecule has 102 valence electrons. The number of aromatic nitrogens is 3. The molecule has 0 saturated heterocycles. The molecule has 2 aromatic rings. The number of carboxylic acids is 1. The summed E-state index contributed by atoms with van der Waals surface area (Å²) in [7, 11) is 1.95. The first-order chi connectivity index (χ1) is 9.04. The molecule has 0 fully saturated rings. The fourth-order valence-electron chi connectivity index (χ4n) is 1.99. The molecule has 0 bridgehead atoms. The van der Waals surface area contributed by atoms with Gasteiger partial charge in [0, 0.05) is 13.6 Å². The van der Waals surface area contributed by atoms with Gasteiger partial charge >= 0.3 is 5.97 Å². The second-order valence-corrected chi connectivity index (χ2v) is 4.59. The third-order valence-electron chi connectivity index (χ3n) is 3.08. The number of aryl methyl sites for hydroxylation is 1. The molecule has 19 heavy (non-hydrogen) atoms. The Labute approximate surface area is 111 Å². The van der Waals surface area contributed by atoms with Gasteiger partial charge in [0.2, 0.25) is 0 Å². The van der Waals surface area contributed by atoms with E-state index in [0.717, 1.165) is 25.2 Å². The maximum absolute atomic E-state index is 11.2. The molecule has 0 radical (unpaired) electrons. The zero-order valence-corrected chi connectivity index (χ0v) is 11.4. The Morgan fingerprint density at radius 3 is 2.84 bits per heavy atom. The molecule has 0 unspecified atom stereocenters. The highest BCUT2D eigenvalue weighted by Gasteiger charge is 2.17. The van der Waals surface area contributed by atoms with Gasteiger partial charge in [-0.1, -0.05) is 13.3 Å². The van der Waals surface area contributed by atoms with Crippen LogP contribution >= 0.6 is 0 Å². The predicted molar refractivity (Wildman–Crippen MR) is 72.9 cm³/mol. The minimum atomic E-state index is -1.01. The van der Waals surface area contributed by atoms with Crippen LogP contribution in [0.5, 0.6) is 0 Å². The molecule has 2 aromatic heterocycles. The van der Waals surface area contributed by atoms with E-state index in [1.807, 2.05) is 18.0 Å². The quantitative estimate of drug-likeness (QED) is 0.892. The normalized spacial score (nSPS) is 10.9. The summed E-state index contributed by atoms with van der Waals surface area (Å²) in [6.45, 7) is 4.70.